The smallest absolute Gasteiger partial charge is 0.251 e. The second-order valence-electron chi connectivity index (χ2n) is 4.08. The van der Waals surface area contributed by atoms with E-state index in [1.165, 1.54) is 18.2 Å². The molecule has 0 radical (unpaired) electrons. The summed E-state index contributed by atoms with van der Waals surface area (Å²) in [6.07, 6.45) is 0. The van der Waals surface area contributed by atoms with Gasteiger partial charge in [-0.05, 0) is 24.3 Å². The van der Waals surface area contributed by atoms with E-state index in [0.717, 1.165) is 5.69 Å². The number of nitrogens with one attached hydrogen (secondary N) is 1. The number of ether oxygens (including phenoxy) is 1. The molecular weight excluding hydrogens is 261 g/mol. The minimum atomic E-state index is -0.800. The summed E-state index contributed by atoms with van der Waals surface area (Å²) in [5, 5.41) is 3.04. The van der Waals surface area contributed by atoms with Crippen molar-refractivity contribution in [1.29, 1.82) is 0 Å². The summed E-state index contributed by atoms with van der Waals surface area (Å²) in [5.74, 6) is -0.922. The topological polar surface area (TPSA) is 77.2 Å². The van der Waals surface area contributed by atoms with Crippen molar-refractivity contribution in [3.05, 3.63) is 53.5 Å². The van der Waals surface area contributed by atoms with Crippen molar-refractivity contribution >= 4 is 11.6 Å². The molecule has 0 aliphatic heterocycles. The predicted molar refractivity (Wildman–Crippen MR) is 73.0 cm³/mol. The number of carbonyl (C=O) groups is 1. The number of anilines is 1. The molecule has 0 aliphatic rings. The zero-order chi connectivity index (χ0) is 14.5. The zero-order valence-electron chi connectivity index (χ0n) is 10.9. The first-order valence-electron chi connectivity index (χ1n) is 5.93. The highest BCUT2D eigenvalue weighted by Crippen LogP contribution is 2.15. The van der Waals surface area contributed by atoms with Gasteiger partial charge in [0.2, 0.25) is 5.88 Å². The summed E-state index contributed by atoms with van der Waals surface area (Å²) < 4.78 is 18.3. The highest BCUT2D eigenvalue weighted by molar-refractivity contribution is 5.94. The highest BCUT2D eigenvalue weighted by atomic mass is 19.1. The van der Waals surface area contributed by atoms with Gasteiger partial charge in [0.15, 0.2) is 0 Å². The Hall–Kier alpha value is -2.63. The lowest BCUT2D eigenvalue weighted by atomic mass is 10.1. The normalized spacial score (nSPS) is 10.1. The van der Waals surface area contributed by atoms with Crippen LogP contribution in [0.4, 0.5) is 10.1 Å². The van der Waals surface area contributed by atoms with E-state index in [2.05, 4.69) is 10.3 Å². The van der Waals surface area contributed by atoms with Crippen LogP contribution in [0, 0.1) is 5.82 Å². The van der Waals surface area contributed by atoms with Gasteiger partial charge < -0.3 is 15.8 Å². The monoisotopic (exact) mass is 275 g/mol. The van der Waals surface area contributed by atoms with Crippen LogP contribution in [-0.2, 0) is 6.54 Å². The van der Waals surface area contributed by atoms with Crippen LogP contribution < -0.4 is 15.8 Å². The number of amides is 1. The van der Waals surface area contributed by atoms with Gasteiger partial charge >= 0.3 is 0 Å². The Morgan fingerprint density at radius 1 is 1.40 bits per heavy atom. The molecule has 0 saturated heterocycles. The average Bonchev–Trinajstić information content (AvgIpc) is 2.46. The van der Waals surface area contributed by atoms with Gasteiger partial charge in [0, 0.05) is 11.8 Å². The third kappa shape index (κ3) is 3.23. The van der Waals surface area contributed by atoms with E-state index in [1.54, 1.807) is 13.2 Å². The fourth-order valence-corrected chi connectivity index (χ4v) is 1.69. The van der Waals surface area contributed by atoms with E-state index >= 15 is 0 Å². The van der Waals surface area contributed by atoms with Crippen LogP contribution >= 0.6 is 0 Å². The molecule has 1 amide bonds. The minimum Gasteiger partial charge on any atom is -0.481 e. The molecule has 5 nitrogen and oxygen atoms in total. The van der Waals surface area contributed by atoms with Crippen LogP contribution in [0.15, 0.2) is 36.4 Å². The Balaban J connectivity index is 2.10. The number of benzene rings is 1. The fourth-order valence-electron chi connectivity index (χ4n) is 1.69. The molecule has 0 unspecified atom stereocenters. The minimum absolute atomic E-state index is 0.145. The lowest BCUT2D eigenvalue weighted by Gasteiger charge is -2.08. The number of nitrogens with two attached hydrogens (primary N) is 1. The maximum Gasteiger partial charge on any atom is 0.251 e. The highest BCUT2D eigenvalue weighted by Gasteiger charge is 2.08. The van der Waals surface area contributed by atoms with Crippen LogP contribution in [0.25, 0.3) is 0 Å². The standard InChI is InChI=1S/C14H14FN3O2/c1-20-13-4-2-3-10(18-13)8-17-9-5-6-12(15)11(7-9)14(16)19/h2-7,17H,8H2,1H3,(H2,16,19). The van der Waals surface area contributed by atoms with E-state index < -0.39 is 11.7 Å². The van der Waals surface area contributed by atoms with Gasteiger partial charge in [-0.2, -0.15) is 0 Å². The van der Waals surface area contributed by atoms with Crippen molar-refractivity contribution in [3.8, 4) is 5.88 Å². The van der Waals surface area contributed by atoms with Crippen LogP contribution in [0.5, 0.6) is 5.88 Å². The van der Waals surface area contributed by atoms with Crippen molar-refractivity contribution in [2.45, 2.75) is 6.54 Å². The number of methoxy groups -OCH3 is 1. The lowest BCUT2D eigenvalue weighted by Crippen LogP contribution is -2.13. The molecule has 1 aromatic heterocycles. The molecule has 2 rings (SSSR count). The third-order valence-electron chi connectivity index (χ3n) is 2.70. The van der Waals surface area contributed by atoms with Gasteiger partial charge in [-0.1, -0.05) is 6.07 Å². The summed E-state index contributed by atoms with van der Waals surface area (Å²) in [5.41, 5.74) is 6.29. The molecule has 3 N–H and O–H groups in total. The molecule has 0 aliphatic carbocycles. The number of hydrogen-bond donors (Lipinski definition) is 2. The molecule has 0 fully saturated rings. The van der Waals surface area contributed by atoms with Crippen LogP contribution in [0.3, 0.4) is 0 Å². The number of halogens is 1. The van der Waals surface area contributed by atoms with Crippen molar-refractivity contribution in [2.24, 2.45) is 5.73 Å². The molecule has 0 spiro atoms. The molecule has 2 aromatic rings. The molecule has 0 saturated carbocycles. The number of primary amides is 1. The van der Waals surface area contributed by atoms with E-state index in [1.807, 2.05) is 12.1 Å². The van der Waals surface area contributed by atoms with Crippen LogP contribution in [0.2, 0.25) is 0 Å². The molecule has 1 heterocycles. The van der Waals surface area contributed by atoms with Gasteiger partial charge in [0.25, 0.3) is 5.91 Å². The Kier molecular flexibility index (Phi) is 4.14. The second kappa shape index (κ2) is 6.01. The molecule has 0 atom stereocenters. The number of nitrogens with zero attached hydrogens (tertiary/aromatic N) is 1. The quantitative estimate of drug-likeness (QED) is 0.874. The summed E-state index contributed by atoms with van der Waals surface area (Å²) in [6, 6.07) is 9.49. The molecule has 1 aromatic carbocycles. The SMILES string of the molecule is COc1cccc(CNc2ccc(F)c(C(N)=O)c2)n1. The van der Waals surface area contributed by atoms with Gasteiger partial charge in [0.05, 0.1) is 24.9 Å². The molecule has 104 valence electrons. The van der Waals surface area contributed by atoms with E-state index in [9.17, 15) is 9.18 Å². The lowest BCUT2D eigenvalue weighted by molar-refractivity contribution is 0.0996. The summed E-state index contributed by atoms with van der Waals surface area (Å²) >= 11 is 0. The van der Waals surface area contributed by atoms with Crippen molar-refractivity contribution < 1.29 is 13.9 Å². The van der Waals surface area contributed by atoms with E-state index in [-0.39, 0.29) is 5.56 Å². The van der Waals surface area contributed by atoms with Crippen LogP contribution in [0.1, 0.15) is 16.1 Å². The molecule has 6 heteroatoms. The molecule has 20 heavy (non-hydrogen) atoms. The largest absolute Gasteiger partial charge is 0.481 e. The van der Waals surface area contributed by atoms with Crippen molar-refractivity contribution in [1.82, 2.24) is 4.98 Å². The number of pyridine rings is 1. The number of carbonyl (C=O) groups excluding carboxylic acids is 1. The maximum absolute atomic E-state index is 13.3. The van der Waals surface area contributed by atoms with Gasteiger partial charge in [0.1, 0.15) is 5.82 Å². The average molecular weight is 275 g/mol. The number of hydrogen-bond acceptors (Lipinski definition) is 4. The number of aromatic nitrogens is 1. The predicted octanol–water partition coefficient (Wildman–Crippen LogP) is 1.94. The van der Waals surface area contributed by atoms with Gasteiger partial charge in [-0.3, -0.25) is 4.79 Å². The van der Waals surface area contributed by atoms with Gasteiger partial charge in [-0.15, -0.1) is 0 Å². The molecular formula is C14H14FN3O2. The maximum atomic E-state index is 13.3. The number of rotatable bonds is 5. The van der Waals surface area contributed by atoms with Crippen molar-refractivity contribution in [2.75, 3.05) is 12.4 Å². The first-order chi connectivity index (χ1) is 9.60. The molecule has 0 bridgehead atoms. The summed E-state index contributed by atoms with van der Waals surface area (Å²) in [4.78, 5) is 15.3. The summed E-state index contributed by atoms with van der Waals surface area (Å²) in [7, 11) is 1.54. The Morgan fingerprint density at radius 2 is 2.20 bits per heavy atom. The zero-order valence-corrected chi connectivity index (χ0v) is 10.9. The Bertz CT molecular complexity index is 632. The second-order valence-corrected chi connectivity index (χ2v) is 4.08. The Morgan fingerprint density at radius 3 is 2.90 bits per heavy atom. The summed E-state index contributed by atoms with van der Waals surface area (Å²) in [6.45, 7) is 0.418. The Labute approximate surface area is 115 Å². The van der Waals surface area contributed by atoms with Crippen molar-refractivity contribution in [3.63, 3.8) is 0 Å². The van der Waals surface area contributed by atoms with E-state index in [0.29, 0.717) is 18.1 Å². The third-order valence-corrected chi connectivity index (χ3v) is 2.70. The van der Waals surface area contributed by atoms with E-state index in [4.69, 9.17) is 10.5 Å². The first-order valence-corrected chi connectivity index (χ1v) is 5.93. The van der Waals surface area contributed by atoms with Gasteiger partial charge in [-0.25, -0.2) is 9.37 Å². The fraction of sp³-hybridized carbons (Fsp3) is 0.143. The first kappa shape index (κ1) is 13.8. The van der Waals surface area contributed by atoms with Crippen LogP contribution in [-0.4, -0.2) is 18.0 Å².